The van der Waals surface area contributed by atoms with E-state index < -0.39 is 0 Å². The molecule has 0 unspecified atom stereocenters. The molecular formula is C22H19N3O3S. The van der Waals surface area contributed by atoms with Gasteiger partial charge in [-0.25, -0.2) is 4.98 Å². The lowest BCUT2D eigenvalue weighted by Crippen LogP contribution is -2.25. The molecule has 2 amide bonds. The molecule has 2 aromatic carbocycles. The molecule has 0 bridgehead atoms. The van der Waals surface area contributed by atoms with Gasteiger partial charge in [0.05, 0.1) is 0 Å². The lowest BCUT2D eigenvalue weighted by atomic mass is 10.2. The van der Waals surface area contributed by atoms with E-state index in [0.29, 0.717) is 41.5 Å². The van der Waals surface area contributed by atoms with Crippen molar-refractivity contribution in [3.05, 3.63) is 71.6 Å². The number of anilines is 1. The summed E-state index contributed by atoms with van der Waals surface area (Å²) in [4.78, 5) is 28.5. The van der Waals surface area contributed by atoms with Gasteiger partial charge in [0.15, 0.2) is 10.9 Å². The molecule has 4 rings (SSSR count). The fourth-order valence-corrected chi connectivity index (χ4v) is 3.59. The maximum absolute atomic E-state index is 12.1. The lowest BCUT2D eigenvalue weighted by Gasteiger charge is -2.05. The van der Waals surface area contributed by atoms with Crippen molar-refractivity contribution in [3.63, 3.8) is 0 Å². The molecule has 0 saturated carbocycles. The Kier molecular flexibility index (Phi) is 5.67. The Morgan fingerprint density at radius 1 is 1.03 bits per heavy atom. The van der Waals surface area contributed by atoms with Crippen molar-refractivity contribution in [2.45, 2.75) is 12.8 Å². The third kappa shape index (κ3) is 4.70. The van der Waals surface area contributed by atoms with Crippen molar-refractivity contribution in [1.29, 1.82) is 0 Å². The predicted octanol–water partition coefficient (Wildman–Crippen LogP) is 4.71. The number of rotatable bonds is 7. The summed E-state index contributed by atoms with van der Waals surface area (Å²) in [5, 5.41) is 9.01. The molecule has 146 valence electrons. The van der Waals surface area contributed by atoms with Gasteiger partial charge in [0.1, 0.15) is 11.3 Å². The van der Waals surface area contributed by atoms with Crippen LogP contribution in [0.4, 0.5) is 5.13 Å². The largest absolute Gasteiger partial charge is 0.454 e. The summed E-state index contributed by atoms with van der Waals surface area (Å²) in [5.41, 5.74) is 2.10. The Morgan fingerprint density at radius 2 is 1.83 bits per heavy atom. The van der Waals surface area contributed by atoms with Crippen LogP contribution in [0.2, 0.25) is 0 Å². The van der Waals surface area contributed by atoms with Crippen molar-refractivity contribution in [1.82, 2.24) is 10.3 Å². The standard InChI is InChI=1S/C22H19N3O3S/c26-20(11-6-12-23-21(27)15-7-2-1-3-8-15)25-22-24-17(14-29-22)19-13-16-9-4-5-10-18(16)28-19/h1-5,7-10,13-14H,6,11-12H2,(H,23,27)(H,24,25,26). The first-order valence-electron chi connectivity index (χ1n) is 9.26. The summed E-state index contributed by atoms with van der Waals surface area (Å²) < 4.78 is 5.80. The Labute approximate surface area is 171 Å². The second-order valence-corrected chi connectivity index (χ2v) is 7.32. The number of thiazole rings is 1. The molecule has 6 nitrogen and oxygen atoms in total. The number of furan rings is 1. The zero-order valence-electron chi connectivity index (χ0n) is 15.6. The summed E-state index contributed by atoms with van der Waals surface area (Å²) in [6.45, 7) is 0.434. The number of nitrogens with one attached hydrogen (secondary N) is 2. The minimum absolute atomic E-state index is 0.135. The summed E-state index contributed by atoms with van der Waals surface area (Å²) in [6, 6.07) is 18.7. The number of nitrogens with zero attached hydrogens (tertiary/aromatic N) is 1. The molecule has 0 atom stereocenters. The van der Waals surface area contributed by atoms with Crippen LogP contribution in [0, 0.1) is 0 Å². The minimum Gasteiger partial charge on any atom is -0.454 e. The van der Waals surface area contributed by atoms with E-state index in [4.69, 9.17) is 4.42 Å². The van der Waals surface area contributed by atoms with E-state index in [0.717, 1.165) is 11.0 Å². The smallest absolute Gasteiger partial charge is 0.251 e. The first-order chi connectivity index (χ1) is 14.2. The number of fused-ring (bicyclic) bond motifs is 1. The zero-order valence-corrected chi connectivity index (χ0v) is 16.4. The second-order valence-electron chi connectivity index (χ2n) is 6.46. The van der Waals surface area contributed by atoms with Crippen molar-refractivity contribution in [2.24, 2.45) is 0 Å². The maximum atomic E-state index is 12.1. The molecule has 29 heavy (non-hydrogen) atoms. The Balaban J connectivity index is 1.25. The van der Waals surface area contributed by atoms with Crippen LogP contribution in [0.1, 0.15) is 23.2 Å². The van der Waals surface area contributed by atoms with E-state index in [1.165, 1.54) is 11.3 Å². The first kappa shape index (κ1) is 18.9. The molecule has 2 N–H and O–H groups in total. The Morgan fingerprint density at radius 3 is 2.66 bits per heavy atom. The molecule has 0 radical (unpaired) electrons. The van der Waals surface area contributed by atoms with Crippen molar-refractivity contribution < 1.29 is 14.0 Å². The van der Waals surface area contributed by atoms with Crippen LogP contribution in [0.15, 0.2) is 70.5 Å². The normalized spacial score (nSPS) is 10.8. The molecule has 7 heteroatoms. The average molecular weight is 405 g/mol. The van der Waals surface area contributed by atoms with E-state index in [9.17, 15) is 9.59 Å². The van der Waals surface area contributed by atoms with E-state index in [1.807, 2.05) is 53.9 Å². The van der Waals surface area contributed by atoms with Gasteiger partial charge in [0.25, 0.3) is 5.91 Å². The maximum Gasteiger partial charge on any atom is 0.251 e. The first-order valence-corrected chi connectivity index (χ1v) is 10.1. The summed E-state index contributed by atoms with van der Waals surface area (Å²) >= 11 is 1.35. The average Bonchev–Trinajstić information content (AvgIpc) is 3.38. The van der Waals surface area contributed by atoms with Crippen LogP contribution in [0.25, 0.3) is 22.4 Å². The monoisotopic (exact) mass is 405 g/mol. The van der Waals surface area contributed by atoms with Gasteiger partial charge in [-0.2, -0.15) is 0 Å². The number of hydrogen-bond donors (Lipinski definition) is 2. The number of amides is 2. The number of carbonyl (C=O) groups is 2. The molecule has 4 aromatic rings. The molecule has 2 aromatic heterocycles. The molecule has 0 spiro atoms. The number of para-hydroxylation sites is 1. The van der Waals surface area contributed by atoms with Crippen LogP contribution in [0.5, 0.6) is 0 Å². The van der Waals surface area contributed by atoms with Crippen molar-refractivity contribution in [2.75, 3.05) is 11.9 Å². The molecule has 0 aliphatic rings. The number of hydrogen-bond acceptors (Lipinski definition) is 5. The van der Waals surface area contributed by atoms with Crippen LogP contribution in [-0.2, 0) is 4.79 Å². The molecule has 0 fully saturated rings. The molecular weight excluding hydrogens is 386 g/mol. The van der Waals surface area contributed by atoms with Gasteiger partial charge in [0, 0.05) is 29.3 Å². The van der Waals surface area contributed by atoms with Gasteiger partial charge >= 0.3 is 0 Å². The van der Waals surface area contributed by atoms with Crippen LogP contribution < -0.4 is 10.6 Å². The molecule has 0 aliphatic carbocycles. The van der Waals surface area contributed by atoms with Gasteiger partial charge in [-0.15, -0.1) is 11.3 Å². The highest BCUT2D eigenvalue weighted by Gasteiger charge is 2.12. The zero-order chi connectivity index (χ0) is 20.1. The highest BCUT2D eigenvalue weighted by molar-refractivity contribution is 7.14. The number of aromatic nitrogens is 1. The highest BCUT2D eigenvalue weighted by atomic mass is 32.1. The van der Waals surface area contributed by atoms with Gasteiger partial charge in [-0.3, -0.25) is 9.59 Å². The van der Waals surface area contributed by atoms with Gasteiger partial charge < -0.3 is 15.1 Å². The quantitative estimate of drug-likeness (QED) is 0.436. The van der Waals surface area contributed by atoms with Gasteiger partial charge in [-0.1, -0.05) is 36.4 Å². The van der Waals surface area contributed by atoms with Gasteiger partial charge in [0.2, 0.25) is 5.91 Å². The van der Waals surface area contributed by atoms with E-state index >= 15 is 0 Å². The Bertz CT molecular complexity index is 1100. The lowest BCUT2D eigenvalue weighted by molar-refractivity contribution is -0.116. The van der Waals surface area contributed by atoms with E-state index in [1.54, 1.807) is 12.1 Å². The molecule has 0 saturated heterocycles. The minimum atomic E-state index is -0.138. The predicted molar refractivity (Wildman–Crippen MR) is 114 cm³/mol. The van der Waals surface area contributed by atoms with Crippen LogP contribution in [-0.4, -0.2) is 23.3 Å². The van der Waals surface area contributed by atoms with Crippen LogP contribution >= 0.6 is 11.3 Å². The van der Waals surface area contributed by atoms with Gasteiger partial charge in [-0.05, 0) is 30.7 Å². The van der Waals surface area contributed by atoms with Crippen LogP contribution in [0.3, 0.4) is 0 Å². The van der Waals surface area contributed by atoms with E-state index in [2.05, 4.69) is 15.6 Å². The number of carbonyl (C=O) groups excluding carboxylic acids is 2. The molecule has 0 aliphatic heterocycles. The second kappa shape index (κ2) is 8.70. The van der Waals surface area contributed by atoms with Crippen molar-refractivity contribution in [3.8, 4) is 11.5 Å². The topological polar surface area (TPSA) is 84.2 Å². The van der Waals surface area contributed by atoms with Crippen molar-refractivity contribution >= 4 is 39.3 Å². The summed E-state index contributed by atoms with van der Waals surface area (Å²) in [6.07, 6.45) is 0.848. The highest BCUT2D eigenvalue weighted by Crippen LogP contribution is 2.30. The summed E-state index contributed by atoms with van der Waals surface area (Å²) in [5.74, 6) is 0.400. The SMILES string of the molecule is O=C(CCCNC(=O)c1ccccc1)Nc1nc(-c2cc3ccccc3o2)cs1. The van der Waals surface area contributed by atoms with E-state index in [-0.39, 0.29) is 11.8 Å². The Hall–Kier alpha value is -3.45. The fraction of sp³-hybridized carbons (Fsp3) is 0.136. The third-order valence-corrected chi connectivity index (χ3v) is 5.09. The summed E-state index contributed by atoms with van der Waals surface area (Å²) in [7, 11) is 0. The molecule has 2 heterocycles. The number of benzene rings is 2. The fourth-order valence-electron chi connectivity index (χ4n) is 2.88. The third-order valence-electron chi connectivity index (χ3n) is 4.33.